The number of aryl methyl sites for hydroxylation is 2. The second kappa shape index (κ2) is 9.54. The number of oxime groups is 1. The third-order valence-corrected chi connectivity index (χ3v) is 4.18. The topological polar surface area (TPSA) is 94.2 Å². The summed E-state index contributed by atoms with van der Waals surface area (Å²) in [6, 6.07) is 15.2. The molecule has 0 aliphatic rings. The van der Waals surface area contributed by atoms with Gasteiger partial charge in [0.25, 0.3) is 0 Å². The highest BCUT2D eigenvalue weighted by Gasteiger charge is 2.11. The molecule has 0 saturated carbocycles. The van der Waals surface area contributed by atoms with Crippen molar-refractivity contribution >= 4 is 12.2 Å². The molecular formula is C22H22N2O5. The van der Waals surface area contributed by atoms with E-state index in [2.05, 4.69) is 10.1 Å². The number of hydrogen-bond acceptors (Lipinski definition) is 6. The molecule has 0 spiro atoms. The van der Waals surface area contributed by atoms with Crippen molar-refractivity contribution in [2.24, 2.45) is 5.16 Å². The molecule has 7 nitrogen and oxygen atoms in total. The molecule has 0 amide bonds. The number of rotatable bonds is 9. The van der Waals surface area contributed by atoms with Gasteiger partial charge in [-0.05, 0) is 43.2 Å². The Labute approximate surface area is 168 Å². The van der Waals surface area contributed by atoms with E-state index in [1.165, 1.54) is 0 Å². The van der Waals surface area contributed by atoms with E-state index in [9.17, 15) is 4.79 Å². The summed E-state index contributed by atoms with van der Waals surface area (Å²) in [6.07, 6.45) is 2.24. The summed E-state index contributed by atoms with van der Waals surface area (Å²) < 4.78 is 10.9. The average Bonchev–Trinajstić information content (AvgIpc) is 3.08. The molecule has 150 valence electrons. The Bertz CT molecular complexity index is 996. The maximum Gasteiger partial charge on any atom is 0.341 e. The Morgan fingerprint density at radius 2 is 2.00 bits per heavy atom. The van der Waals surface area contributed by atoms with Crippen LogP contribution in [-0.4, -0.2) is 28.9 Å². The standard InChI is InChI=1S/C22H22N2O5/c1-15-12-17(8-9-20(15)27-14-21(25)26)10-11-23-28-13-19-16(2)29-22(24-19)18-6-4-3-5-7-18/h3-9,11-12H,10,13-14H2,1-2H3,(H,25,26). The van der Waals surface area contributed by atoms with E-state index in [0.29, 0.717) is 29.5 Å². The Morgan fingerprint density at radius 3 is 2.72 bits per heavy atom. The third-order valence-electron chi connectivity index (χ3n) is 4.18. The predicted molar refractivity (Wildman–Crippen MR) is 108 cm³/mol. The first kappa shape index (κ1) is 20.1. The molecule has 0 atom stereocenters. The normalized spacial score (nSPS) is 11.0. The van der Waals surface area contributed by atoms with Crippen molar-refractivity contribution in [2.45, 2.75) is 26.9 Å². The maximum atomic E-state index is 10.6. The van der Waals surface area contributed by atoms with Gasteiger partial charge in [0.2, 0.25) is 5.89 Å². The zero-order valence-corrected chi connectivity index (χ0v) is 16.3. The summed E-state index contributed by atoms with van der Waals surface area (Å²) in [6.45, 7) is 3.58. The zero-order chi connectivity index (χ0) is 20.6. The highest BCUT2D eigenvalue weighted by atomic mass is 16.6. The highest BCUT2D eigenvalue weighted by molar-refractivity contribution is 5.68. The van der Waals surface area contributed by atoms with Crippen LogP contribution in [0.4, 0.5) is 0 Å². The minimum Gasteiger partial charge on any atom is -0.482 e. The molecule has 3 aromatic rings. The van der Waals surface area contributed by atoms with Gasteiger partial charge in [-0.25, -0.2) is 9.78 Å². The summed E-state index contributed by atoms with van der Waals surface area (Å²) in [4.78, 5) is 20.4. The van der Waals surface area contributed by atoms with Gasteiger partial charge < -0.3 is 19.1 Å². The van der Waals surface area contributed by atoms with E-state index in [1.54, 1.807) is 12.3 Å². The van der Waals surface area contributed by atoms with Gasteiger partial charge in [-0.2, -0.15) is 0 Å². The van der Waals surface area contributed by atoms with Crippen LogP contribution in [0.5, 0.6) is 5.75 Å². The number of carboxylic acids is 1. The average molecular weight is 394 g/mol. The molecule has 0 unspecified atom stereocenters. The molecule has 0 bridgehead atoms. The third kappa shape index (κ3) is 5.68. The molecular weight excluding hydrogens is 372 g/mol. The summed E-state index contributed by atoms with van der Waals surface area (Å²) in [5, 5.41) is 12.7. The Balaban J connectivity index is 1.50. The number of aliphatic carboxylic acids is 1. The van der Waals surface area contributed by atoms with Crippen molar-refractivity contribution < 1.29 is 23.9 Å². The summed E-state index contributed by atoms with van der Waals surface area (Å²) in [5.74, 6) is 0.814. The van der Waals surface area contributed by atoms with Gasteiger partial charge in [0, 0.05) is 18.2 Å². The van der Waals surface area contributed by atoms with Crippen molar-refractivity contribution in [3.8, 4) is 17.2 Å². The van der Waals surface area contributed by atoms with Crippen LogP contribution in [0.2, 0.25) is 0 Å². The molecule has 1 N–H and O–H groups in total. The fourth-order valence-corrected chi connectivity index (χ4v) is 2.70. The first-order chi connectivity index (χ1) is 14.0. The minimum atomic E-state index is -1.00. The molecule has 29 heavy (non-hydrogen) atoms. The Kier molecular flexibility index (Phi) is 6.63. The lowest BCUT2D eigenvalue weighted by Crippen LogP contribution is -2.10. The lowest BCUT2D eigenvalue weighted by Gasteiger charge is -2.08. The fourth-order valence-electron chi connectivity index (χ4n) is 2.70. The Morgan fingerprint density at radius 1 is 1.21 bits per heavy atom. The van der Waals surface area contributed by atoms with Crippen LogP contribution in [0.25, 0.3) is 11.5 Å². The molecule has 0 aliphatic carbocycles. The van der Waals surface area contributed by atoms with Crippen molar-refractivity contribution in [3.05, 3.63) is 71.1 Å². The second-order valence-electron chi connectivity index (χ2n) is 6.44. The smallest absolute Gasteiger partial charge is 0.341 e. The van der Waals surface area contributed by atoms with E-state index < -0.39 is 5.97 Å². The van der Waals surface area contributed by atoms with Crippen LogP contribution >= 0.6 is 0 Å². The number of carboxylic acid groups (broad SMARTS) is 1. The SMILES string of the molecule is Cc1cc(CC=NOCc2nc(-c3ccccc3)oc2C)ccc1OCC(=O)O. The van der Waals surface area contributed by atoms with Crippen molar-refractivity contribution in [1.82, 2.24) is 4.98 Å². The molecule has 0 saturated heterocycles. The summed E-state index contributed by atoms with van der Waals surface area (Å²) in [7, 11) is 0. The van der Waals surface area contributed by atoms with E-state index in [4.69, 9.17) is 19.1 Å². The minimum absolute atomic E-state index is 0.222. The van der Waals surface area contributed by atoms with Gasteiger partial charge in [-0.3, -0.25) is 0 Å². The van der Waals surface area contributed by atoms with E-state index in [-0.39, 0.29) is 13.2 Å². The number of benzene rings is 2. The molecule has 0 fully saturated rings. The second-order valence-corrected chi connectivity index (χ2v) is 6.44. The molecule has 0 aliphatic heterocycles. The highest BCUT2D eigenvalue weighted by Crippen LogP contribution is 2.22. The van der Waals surface area contributed by atoms with Gasteiger partial charge in [0.1, 0.15) is 17.2 Å². The largest absolute Gasteiger partial charge is 0.482 e. The molecule has 7 heteroatoms. The molecule has 0 radical (unpaired) electrons. The van der Waals surface area contributed by atoms with Gasteiger partial charge in [-0.15, -0.1) is 0 Å². The van der Waals surface area contributed by atoms with Gasteiger partial charge in [-0.1, -0.05) is 35.5 Å². The van der Waals surface area contributed by atoms with Crippen LogP contribution in [0.1, 0.15) is 22.6 Å². The number of carbonyl (C=O) groups is 1. The van der Waals surface area contributed by atoms with Gasteiger partial charge in [0.05, 0.1) is 0 Å². The van der Waals surface area contributed by atoms with Crippen LogP contribution in [0.15, 0.2) is 58.1 Å². The first-order valence-corrected chi connectivity index (χ1v) is 9.12. The summed E-state index contributed by atoms with van der Waals surface area (Å²) in [5.41, 5.74) is 3.50. The predicted octanol–water partition coefficient (Wildman–Crippen LogP) is 4.17. The number of ether oxygens (including phenoxy) is 1. The zero-order valence-electron chi connectivity index (χ0n) is 16.3. The van der Waals surface area contributed by atoms with Crippen LogP contribution < -0.4 is 4.74 Å². The quantitative estimate of drug-likeness (QED) is 0.432. The number of oxazole rings is 1. The molecule has 2 aromatic carbocycles. The summed E-state index contributed by atoms with van der Waals surface area (Å²) >= 11 is 0. The van der Waals surface area contributed by atoms with Crippen LogP contribution in [-0.2, 0) is 22.7 Å². The number of nitrogens with zero attached hydrogens (tertiary/aromatic N) is 2. The van der Waals surface area contributed by atoms with Gasteiger partial charge >= 0.3 is 5.97 Å². The lowest BCUT2D eigenvalue weighted by molar-refractivity contribution is -0.139. The van der Waals surface area contributed by atoms with E-state index in [1.807, 2.05) is 56.3 Å². The monoisotopic (exact) mass is 394 g/mol. The molecule has 1 aromatic heterocycles. The number of hydrogen-bond donors (Lipinski definition) is 1. The van der Waals surface area contributed by atoms with E-state index in [0.717, 1.165) is 16.7 Å². The molecule has 1 heterocycles. The van der Waals surface area contributed by atoms with Crippen molar-refractivity contribution in [2.75, 3.05) is 6.61 Å². The Hall–Kier alpha value is -3.61. The van der Waals surface area contributed by atoms with E-state index >= 15 is 0 Å². The fraction of sp³-hybridized carbons (Fsp3) is 0.227. The maximum absolute atomic E-state index is 10.6. The lowest BCUT2D eigenvalue weighted by atomic mass is 10.1. The van der Waals surface area contributed by atoms with Gasteiger partial charge in [0.15, 0.2) is 13.2 Å². The van der Waals surface area contributed by atoms with Crippen molar-refractivity contribution in [3.63, 3.8) is 0 Å². The van der Waals surface area contributed by atoms with Crippen LogP contribution in [0.3, 0.4) is 0 Å². The first-order valence-electron chi connectivity index (χ1n) is 9.12. The van der Waals surface area contributed by atoms with Crippen molar-refractivity contribution in [1.29, 1.82) is 0 Å². The molecule has 3 rings (SSSR count). The van der Waals surface area contributed by atoms with Crippen LogP contribution in [0, 0.1) is 13.8 Å². The number of aromatic nitrogens is 1.